The van der Waals surface area contributed by atoms with Crippen LogP contribution in [0.4, 0.5) is 0 Å². The summed E-state index contributed by atoms with van der Waals surface area (Å²) in [6, 6.07) is 0.934. The molecule has 1 aromatic heterocycles. The Morgan fingerprint density at radius 1 is 1.83 bits per heavy atom. The number of carbonyl (C=O) groups excluding carboxylic acids is 1. The van der Waals surface area contributed by atoms with Gasteiger partial charge in [0.25, 0.3) is 0 Å². The first kappa shape index (κ1) is 8.73. The van der Waals surface area contributed by atoms with Crippen LogP contribution < -0.4 is 5.73 Å². The van der Waals surface area contributed by atoms with Crippen LogP contribution in [0.25, 0.3) is 0 Å². The second-order valence-corrected chi connectivity index (χ2v) is 2.38. The number of nitrogens with zero attached hydrogens (tertiary/aromatic N) is 2. The minimum atomic E-state index is -0.748. The third-order valence-electron chi connectivity index (χ3n) is 1.63. The van der Waals surface area contributed by atoms with E-state index in [2.05, 4.69) is 9.84 Å². The number of ether oxygens (including phenoxy) is 1. The fourth-order valence-electron chi connectivity index (χ4n) is 0.937. The van der Waals surface area contributed by atoms with Gasteiger partial charge in [-0.2, -0.15) is 5.10 Å². The minimum Gasteiger partial charge on any atom is -0.468 e. The Hall–Kier alpha value is -1.36. The number of hydrogen-bond donors (Lipinski definition) is 1. The highest BCUT2D eigenvalue weighted by Crippen LogP contribution is 2.08. The summed E-state index contributed by atoms with van der Waals surface area (Å²) in [6.45, 7) is 0. The van der Waals surface area contributed by atoms with Crippen molar-refractivity contribution >= 4 is 5.97 Å². The van der Waals surface area contributed by atoms with Crippen LogP contribution in [-0.4, -0.2) is 22.9 Å². The topological polar surface area (TPSA) is 70.1 Å². The molecule has 1 aromatic rings. The van der Waals surface area contributed by atoms with Crippen molar-refractivity contribution < 1.29 is 9.53 Å². The van der Waals surface area contributed by atoms with E-state index in [-0.39, 0.29) is 0 Å². The van der Waals surface area contributed by atoms with Gasteiger partial charge in [0, 0.05) is 13.2 Å². The van der Waals surface area contributed by atoms with E-state index in [0.29, 0.717) is 5.69 Å². The summed E-state index contributed by atoms with van der Waals surface area (Å²) in [4.78, 5) is 11.0. The maximum atomic E-state index is 11.0. The summed E-state index contributed by atoms with van der Waals surface area (Å²) in [5.41, 5.74) is 6.20. The third-order valence-corrected chi connectivity index (χ3v) is 1.63. The van der Waals surface area contributed by atoms with E-state index in [1.54, 1.807) is 24.0 Å². The zero-order valence-electron chi connectivity index (χ0n) is 7.02. The molecule has 12 heavy (non-hydrogen) atoms. The Balaban J connectivity index is 2.84. The van der Waals surface area contributed by atoms with E-state index >= 15 is 0 Å². The average Bonchev–Trinajstić information content (AvgIpc) is 2.48. The monoisotopic (exact) mass is 169 g/mol. The molecule has 0 aliphatic rings. The summed E-state index contributed by atoms with van der Waals surface area (Å²) < 4.78 is 6.03. The first-order valence-electron chi connectivity index (χ1n) is 3.48. The fourth-order valence-corrected chi connectivity index (χ4v) is 0.937. The van der Waals surface area contributed by atoms with Crippen LogP contribution in [0.15, 0.2) is 12.3 Å². The lowest BCUT2D eigenvalue weighted by Crippen LogP contribution is -2.24. The zero-order valence-corrected chi connectivity index (χ0v) is 7.02. The second kappa shape index (κ2) is 3.36. The Bertz CT molecular complexity index is 282. The normalized spacial score (nSPS) is 12.6. The summed E-state index contributed by atoms with van der Waals surface area (Å²) in [5, 5.41) is 3.88. The maximum absolute atomic E-state index is 11.0. The fraction of sp³-hybridized carbons (Fsp3) is 0.429. The molecule has 0 fully saturated rings. The number of rotatable bonds is 2. The first-order valence-corrected chi connectivity index (χ1v) is 3.48. The lowest BCUT2D eigenvalue weighted by atomic mass is 10.2. The highest BCUT2D eigenvalue weighted by molar-refractivity contribution is 5.76. The number of carbonyl (C=O) groups is 1. The summed E-state index contributed by atoms with van der Waals surface area (Å²) in [5.74, 6) is -0.460. The first-order chi connectivity index (χ1) is 5.66. The van der Waals surface area contributed by atoms with Crippen LogP contribution in [-0.2, 0) is 16.6 Å². The predicted molar refractivity (Wildman–Crippen MR) is 42.2 cm³/mol. The Morgan fingerprint density at radius 3 is 2.92 bits per heavy atom. The average molecular weight is 169 g/mol. The molecule has 0 unspecified atom stereocenters. The lowest BCUT2D eigenvalue weighted by molar-refractivity contribution is -0.142. The molecule has 5 nitrogen and oxygen atoms in total. The summed E-state index contributed by atoms with van der Waals surface area (Å²) >= 11 is 0. The SMILES string of the molecule is COC(=O)[C@H](N)c1ccnn1C. The van der Waals surface area contributed by atoms with Crippen molar-refractivity contribution in [2.45, 2.75) is 6.04 Å². The number of methoxy groups -OCH3 is 1. The number of nitrogens with two attached hydrogens (primary N) is 1. The van der Waals surface area contributed by atoms with Crippen LogP contribution in [0.1, 0.15) is 11.7 Å². The molecule has 1 rings (SSSR count). The smallest absolute Gasteiger partial charge is 0.328 e. The number of hydrogen-bond acceptors (Lipinski definition) is 4. The molecule has 0 amide bonds. The Labute approximate surface area is 70.1 Å². The molecule has 0 aromatic carbocycles. The van der Waals surface area contributed by atoms with Crippen LogP contribution in [0.3, 0.4) is 0 Å². The van der Waals surface area contributed by atoms with E-state index < -0.39 is 12.0 Å². The van der Waals surface area contributed by atoms with Gasteiger partial charge in [-0.25, -0.2) is 4.79 Å². The Morgan fingerprint density at radius 2 is 2.50 bits per heavy atom. The highest BCUT2D eigenvalue weighted by Gasteiger charge is 2.18. The number of aryl methyl sites for hydroxylation is 1. The summed E-state index contributed by atoms with van der Waals surface area (Å²) in [7, 11) is 3.02. The van der Waals surface area contributed by atoms with Crippen molar-refractivity contribution in [3.8, 4) is 0 Å². The largest absolute Gasteiger partial charge is 0.468 e. The molecule has 1 heterocycles. The van der Waals surface area contributed by atoms with Gasteiger partial charge >= 0.3 is 5.97 Å². The molecule has 1 atom stereocenters. The predicted octanol–water partition coefficient (Wildman–Crippen LogP) is -0.407. The van der Waals surface area contributed by atoms with Crippen molar-refractivity contribution in [2.24, 2.45) is 12.8 Å². The van der Waals surface area contributed by atoms with E-state index in [4.69, 9.17) is 5.73 Å². The van der Waals surface area contributed by atoms with Gasteiger partial charge in [0.2, 0.25) is 0 Å². The molecule has 2 N–H and O–H groups in total. The molecule has 0 saturated carbocycles. The molecule has 0 saturated heterocycles. The second-order valence-electron chi connectivity index (χ2n) is 2.38. The molecular formula is C7H11N3O2. The molecule has 0 radical (unpaired) electrons. The van der Waals surface area contributed by atoms with E-state index in [1.165, 1.54) is 7.11 Å². The van der Waals surface area contributed by atoms with Crippen LogP contribution in [0.2, 0.25) is 0 Å². The number of esters is 1. The van der Waals surface area contributed by atoms with Gasteiger partial charge in [-0.15, -0.1) is 0 Å². The molecule has 0 spiro atoms. The van der Waals surface area contributed by atoms with Crippen molar-refractivity contribution in [1.82, 2.24) is 9.78 Å². The highest BCUT2D eigenvalue weighted by atomic mass is 16.5. The summed E-state index contributed by atoms with van der Waals surface area (Å²) in [6.07, 6.45) is 1.58. The Kier molecular flexibility index (Phi) is 2.44. The van der Waals surface area contributed by atoms with Gasteiger partial charge in [-0.3, -0.25) is 4.68 Å². The van der Waals surface area contributed by atoms with Crippen molar-refractivity contribution in [3.63, 3.8) is 0 Å². The van der Waals surface area contributed by atoms with Crippen LogP contribution in [0, 0.1) is 0 Å². The van der Waals surface area contributed by atoms with Gasteiger partial charge in [-0.1, -0.05) is 0 Å². The molecule has 0 aliphatic carbocycles. The van der Waals surface area contributed by atoms with Gasteiger partial charge in [-0.05, 0) is 6.07 Å². The van der Waals surface area contributed by atoms with Crippen molar-refractivity contribution in [1.29, 1.82) is 0 Å². The zero-order chi connectivity index (χ0) is 9.14. The van der Waals surface area contributed by atoms with Gasteiger partial charge in [0.05, 0.1) is 12.8 Å². The van der Waals surface area contributed by atoms with Crippen LogP contribution in [0.5, 0.6) is 0 Å². The van der Waals surface area contributed by atoms with Gasteiger partial charge in [0.1, 0.15) is 6.04 Å². The maximum Gasteiger partial charge on any atom is 0.328 e. The van der Waals surface area contributed by atoms with E-state index in [0.717, 1.165) is 0 Å². The van der Waals surface area contributed by atoms with Crippen molar-refractivity contribution in [3.05, 3.63) is 18.0 Å². The minimum absolute atomic E-state index is 0.460. The van der Waals surface area contributed by atoms with Crippen molar-refractivity contribution in [2.75, 3.05) is 7.11 Å². The molecular weight excluding hydrogens is 158 g/mol. The van der Waals surface area contributed by atoms with Gasteiger partial charge in [0.15, 0.2) is 0 Å². The molecule has 0 bridgehead atoms. The third kappa shape index (κ3) is 1.45. The van der Waals surface area contributed by atoms with E-state index in [9.17, 15) is 4.79 Å². The lowest BCUT2D eigenvalue weighted by Gasteiger charge is -2.08. The van der Waals surface area contributed by atoms with Crippen LogP contribution >= 0.6 is 0 Å². The van der Waals surface area contributed by atoms with E-state index in [1.807, 2.05) is 0 Å². The van der Waals surface area contributed by atoms with Gasteiger partial charge < -0.3 is 10.5 Å². The standard InChI is InChI=1S/C7H11N3O2/c1-10-5(3-4-9-10)6(8)7(11)12-2/h3-4,6H,8H2,1-2H3/t6-/m1/s1. The number of aromatic nitrogens is 2. The molecule has 0 aliphatic heterocycles. The quantitative estimate of drug-likeness (QED) is 0.611. The molecule has 66 valence electrons. The molecule has 5 heteroatoms.